The fraction of sp³-hybridized carbons (Fsp3) is 0.0556. The molecule has 122 valence electrons. The topological polar surface area (TPSA) is 104 Å². The van der Waals surface area contributed by atoms with Gasteiger partial charge in [0.25, 0.3) is 5.91 Å². The molecule has 0 aliphatic heterocycles. The lowest BCUT2D eigenvalue weighted by Crippen LogP contribution is -2.15. The predicted octanol–water partition coefficient (Wildman–Crippen LogP) is 2.61. The number of hydrogen-bond acceptors (Lipinski definition) is 6. The third-order valence-electron chi connectivity index (χ3n) is 3.37. The first kappa shape index (κ1) is 16.1. The lowest BCUT2D eigenvalue weighted by Gasteiger charge is -2.08. The van der Waals surface area contributed by atoms with Crippen LogP contribution in [0.1, 0.15) is 21.7 Å². The fourth-order valence-electron chi connectivity index (χ4n) is 2.14. The second-order valence-electron chi connectivity index (χ2n) is 5.07. The molecule has 0 radical (unpaired) electrons. The number of rotatable bonds is 5. The molecule has 1 aromatic carbocycles. The number of anilines is 2. The standard InChI is InChI=1S/C18H14N6O/c19-10-13-5-1-2-7-15(13)24-18(25)16-9-17(23-12-22-16)21-11-14-6-3-4-8-20-14/h1-9,12H,11H2,(H,24,25)(H,21,22,23). The summed E-state index contributed by atoms with van der Waals surface area (Å²) in [5.74, 6) is 0.102. The number of para-hydroxylation sites is 1. The average Bonchev–Trinajstić information content (AvgIpc) is 2.68. The maximum absolute atomic E-state index is 12.4. The zero-order valence-corrected chi connectivity index (χ0v) is 13.2. The minimum atomic E-state index is -0.411. The zero-order chi connectivity index (χ0) is 17.5. The summed E-state index contributed by atoms with van der Waals surface area (Å²) in [5.41, 5.74) is 1.89. The van der Waals surface area contributed by atoms with Gasteiger partial charge in [0.1, 0.15) is 23.9 Å². The molecule has 0 saturated heterocycles. The second-order valence-corrected chi connectivity index (χ2v) is 5.07. The Hall–Kier alpha value is -3.79. The molecule has 7 nitrogen and oxygen atoms in total. The van der Waals surface area contributed by atoms with Gasteiger partial charge in [-0.1, -0.05) is 18.2 Å². The van der Waals surface area contributed by atoms with Crippen LogP contribution in [-0.4, -0.2) is 20.9 Å². The highest BCUT2D eigenvalue weighted by atomic mass is 16.1. The number of hydrogen-bond donors (Lipinski definition) is 2. The highest BCUT2D eigenvalue weighted by molar-refractivity contribution is 6.03. The first-order valence-electron chi connectivity index (χ1n) is 7.52. The first-order valence-corrected chi connectivity index (χ1v) is 7.52. The minimum absolute atomic E-state index is 0.200. The Morgan fingerprint density at radius 3 is 2.72 bits per heavy atom. The van der Waals surface area contributed by atoms with Crippen LogP contribution >= 0.6 is 0 Å². The molecular weight excluding hydrogens is 316 g/mol. The fourth-order valence-corrected chi connectivity index (χ4v) is 2.14. The van der Waals surface area contributed by atoms with Crippen molar-refractivity contribution in [2.24, 2.45) is 0 Å². The van der Waals surface area contributed by atoms with Crippen molar-refractivity contribution >= 4 is 17.4 Å². The lowest BCUT2D eigenvalue weighted by atomic mass is 10.2. The Kier molecular flexibility index (Phi) is 4.93. The molecule has 0 saturated carbocycles. The molecule has 2 N–H and O–H groups in total. The van der Waals surface area contributed by atoms with E-state index in [0.717, 1.165) is 5.69 Å². The quantitative estimate of drug-likeness (QED) is 0.745. The number of pyridine rings is 1. The average molecular weight is 330 g/mol. The van der Waals surface area contributed by atoms with Crippen molar-refractivity contribution in [1.29, 1.82) is 5.26 Å². The van der Waals surface area contributed by atoms with Gasteiger partial charge >= 0.3 is 0 Å². The van der Waals surface area contributed by atoms with Crippen LogP contribution < -0.4 is 10.6 Å². The van der Waals surface area contributed by atoms with E-state index in [2.05, 4.69) is 25.6 Å². The Morgan fingerprint density at radius 2 is 1.92 bits per heavy atom. The molecule has 1 amide bonds. The summed E-state index contributed by atoms with van der Waals surface area (Å²) in [6.07, 6.45) is 3.02. The summed E-state index contributed by atoms with van der Waals surface area (Å²) in [6.45, 7) is 0.482. The molecule has 0 spiro atoms. The highest BCUT2D eigenvalue weighted by Gasteiger charge is 2.11. The third kappa shape index (κ3) is 4.14. The van der Waals surface area contributed by atoms with Gasteiger partial charge in [-0.3, -0.25) is 9.78 Å². The predicted molar refractivity (Wildman–Crippen MR) is 92.7 cm³/mol. The van der Waals surface area contributed by atoms with Crippen molar-refractivity contribution in [1.82, 2.24) is 15.0 Å². The molecule has 0 unspecified atom stereocenters. The van der Waals surface area contributed by atoms with Gasteiger partial charge in [0.15, 0.2) is 0 Å². The molecule has 0 atom stereocenters. The van der Waals surface area contributed by atoms with E-state index in [1.807, 2.05) is 24.3 Å². The van der Waals surface area contributed by atoms with E-state index in [1.165, 1.54) is 6.33 Å². The molecule has 7 heteroatoms. The van der Waals surface area contributed by atoms with Gasteiger partial charge in [-0.15, -0.1) is 0 Å². The minimum Gasteiger partial charge on any atom is -0.364 e. The van der Waals surface area contributed by atoms with Crippen molar-refractivity contribution < 1.29 is 4.79 Å². The van der Waals surface area contributed by atoms with Gasteiger partial charge in [-0.05, 0) is 24.3 Å². The molecule has 0 aliphatic carbocycles. The molecule has 0 fully saturated rings. The number of nitrogens with zero attached hydrogens (tertiary/aromatic N) is 4. The van der Waals surface area contributed by atoms with Crippen molar-refractivity contribution in [2.45, 2.75) is 6.54 Å². The Balaban J connectivity index is 1.70. The number of carbonyl (C=O) groups excluding carboxylic acids is 1. The number of nitriles is 1. The molecule has 2 heterocycles. The monoisotopic (exact) mass is 330 g/mol. The molecule has 3 aromatic rings. The van der Waals surface area contributed by atoms with Crippen LogP contribution in [0.4, 0.5) is 11.5 Å². The van der Waals surface area contributed by atoms with Crippen LogP contribution in [0.5, 0.6) is 0 Å². The van der Waals surface area contributed by atoms with Gasteiger partial charge in [-0.2, -0.15) is 5.26 Å². The zero-order valence-electron chi connectivity index (χ0n) is 13.2. The first-order chi connectivity index (χ1) is 12.3. The van der Waals surface area contributed by atoms with Crippen LogP contribution in [0.2, 0.25) is 0 Å². The Bertz CT molecular complexity index is 920. The largest absolute Gasteiger partial charge is 0.364 e. The highest BCUT2D eigenvalue weighted by Crippen LogP contribution is 2.15. The van der Waals surface area contributed by atoms with E-state index < -0.39 is 5.91 Å². The van der Waals surface area contributed by atoms with E-state index in [0.29, 0.717) is 23.6 Å². The van der Waals surface area contributed by atoms with E-state index in [-0.39, 0.29) is 5.69 Å². The normalized spacial score (nSPS) is 9.88. The van der Waals surface area contributed by atoms with Crippen LogP contribution in [0, 0.1) is 11.3 Å². The lowest BCUT2D eigenvalue weighted by molar-refractivity contribution is 0.102. The van der Waals surface area contributed by atoms with Gasteiger partial charge in [-0.25, -0.2) is 9.97 Å². The smallest absolute Gasteiger partial charge is 0.274 e. The number of nitrogens with one attached hydrogen (secondary N) is 2. The van der Waals surface area contributed by atoms with Crippen LogP contribution in [-0.2, 0) is 6.54 Å². The maximum Gasteiger partial charge on any atom is 0.274 e. The molecule has 2 aromatic heterocycles. The number of aromatic nitrogens is 3. The molecule has 0 bridgehead atoms. The van der Waals surface area contributed by atoms with Crippen molar-refractivity contribution in [3.05, 3.63) is 78.0 Å². The van der Waals surface area contributed by atoms with Crippen molar-refractivity contribution in [2.75, 3.05) is 10.6 Å². The SMILES string of the molecule is N#Cc1ccccc1NC(=O)c1cc(NCc2ccccn2)ncn1. The summed E-state index contributed by atoms with van der Waals surface area (Å²) in [7, 11) is 0. The Morgan fingerprint density at radius 1 is 1.08 bits per heavy atom. The molecular formula is C18H14N6O. The number of benzene rings is 1. The van der Waals surface area contributed by atoms with Crippen molar-refractivity contribution in [3.63, 3.8) is 0 Å². The van der Waals surface area contributed by atoms with E-state index >= 15 is 0 Å². The van der Waals surface area contributed by atoms with Gasteiger partial charge in [0.05, 0.1) is 23.5 Å². The van der Waals surface area contributed by atoms with Crippen LogP contribution in [0.15, 0.2) is 61.1 Å². The summed E-state index contributed by atoms with van der Waals surface area (Å²) >= 11 is 0. The summed E-state index contributed by atoms with van der Waals surface area (Å²) in [6, 6.07) is 16.0. The Labute approximate surface area is 144 Å². The van der Waals surface area contributed by atoms with Crippen molar-refractivity contribution in [3.8, 4) is 6.07 Å². The van der Waals surface area contributed by atoms with Gasteiger partial charge in [0.2, 0.25) is 0 Å². The van der Waals surface area contributed by atoms with E-state index in [1.54, 1.807) is 36.5 Å². The molecule has 25 heavy (non-hydrogen) atoms. The van der Waals surface area contributed by atoms with E-state index in [4.69, 9.17) is 5.26 Å². The van der Waals surface area contributed by atoms with Gasteiger partial charge < -0.3 is 10.6 Å². The third-order valence-corrected chi connectivity index (χ3v) is 3.37. The van der Waals surface area contributed by atoms with Gasteiger partial charge in [0, 0.05) is 12.3 Å². The summed E-state index contributed by atoms with van der Waals surface area (Å²) < 4.78 is 0. The number of carbonyl (C=O) groups is 1. The second kappa shape index (κ2) is 7.66. The summed E-state index contributed by atoms with van der Waals surface area (Å²) in [4.78, 5) is 24.6. The summed E-state index contributed by atoms with van der Waals surface area (Å²) in [5, 5.41) is 14.9. The van der Waals surface area contributed by atoms with E-state index in [9.17, 15) is 4.79 Å². The van der Waals surface area contributed by atoms with Crippen LogP contribution in [0.25, 0.3) is 0 Å². The molecule has 0 aliphatic rings. The van der Waals surface area contributed by atoms with Crippen LogP contribution in [0.3, 0.4) is 0 Å². The maximum atomic E-state index is 12.4. The molecule has 3 rings (SSSR count). The number of amides is 1.